The highest BCUT2D eigenvalue weighted by Crippen LogP contribution is 2.34. The van der Waals surface area contributed by atoms with Gasteiger partial charge >= 0.3 is 6.18 Å². The van der Waals surface area contributed by atoms with Crippen LogP contribution in [-0.4, -0.2) is 28.9 Å². The van der Waals surface area contributed by atoms with Gasteiger partial charge in [0, 0.05) is 11.8 Å². The van der Waals surface area contributed by atoms with Gasteiger partial charge in [0.05, 0.1) is 18.3 Å². The van der Waals surface area contributed by atoms with Crippen molar-refractivity contribution in [1.29, 1.82) is 0 Å². The highest BCUT2D eigenvalue weighted by atomic mass is 19.4. The number of quaternary nitrogens is 1. The Morgan fingerprint density at radius 2 is 1.90 bits per heavy atom. The fraction of sp³-hybridized carbons (Fsp3) is 0.250. The number of nitrogens with one attached hydrogen (secondary N) is 2. The number of fused-ring (bicyclic) bond motifs is 1. The van der Waals surface area contributed by atoms with E-state index >= 15 is 0 Å². The standard InChI is InChI=1S/C20H19F3N4O2/c1-13-6-5-9-17-24-14(10-19(29)27(13)17)11-26(2)12-18(28)25-16-8-4-3-7-15(16)20(21,22)23/h3-10H,11-12H2,1-2H3,(H,25,28)/p+1. The zero-order chi connectivity index (χ0) is 21.2. The van der Waals surface area contributed by atoms with E-state index in [9.17, 15) is 22.8 Å². The van der Waals surface area contributed by atoms with Crippen LogP contribution in [0.4, 0.5) is 18.9 Å². The van der Waals surface area contributed by atoms with Crippen molar-refractivity contribution in [2.24, 2.45) is 0 Å². The van der Waals surface area contributed by atoms with Crippen molar-refractivity contribution in [3.8, 4) is 0 Å². The lowest BCUT2D eigenvalue weighted by Gasteiger charge is -2.16. The smallest absolute Gasteiger partial charge is 0.325 e. The monoisotopic (exact) mass is 405 g/mol. The fourth-order valence-electron chi connectivity index (χ4n) is 3.13. The maximum atomic E-state index is 13.0. The van der Waals surface area contributed by atoms with Crippen LogP contribution in [-0.2, 0) is 17.5 Å². The van der Waals surface area contributed by atoms with Crippen LogP contribution >= 0.6 is 0 Å². The minimum Gasteiger partial charge on any atom is -0.325 e. The first-order valence-electron chi connectivity index (χ1n) is 8.91. The number of para-hydroxylation sites is 1. The van der Waals surface area contributed by atoms with Crippen LogP contribution in [0.15, 0.2) is 53.3 Å². The Labute approximate surface area is 164 Å². The van der Waals surface area contributed by atoms with Crippen molar-refractivity contribution >= 4 is 17.2 Å². The van der Waals surface area contributed by atoms with Gasteiger partial charge in [-0.2, -0.15) is 13.2 Å². The van der Waals surface area contributed by atoms with Gasteiger partial charge in [-0.25, -0.2) is 4.98 Å². The maximum Gasteiger partial charge on any atom is 0.418 e. The van der Waals surface area contributed by atoms with Gasteiger partial charge in [0.15, 0.2) is 6.54 Å². The van der Waals surface area contributed by atoms with Crippen molar-refractivity contribution in [3.05, 3.63) is 75.8 Å². The summed E-state index contributed by atoms with van der Waals surface area (Å²) in [6.45, 7) is 1.99. The lowest BCUT2D eigenvalue weighted by Crippen LogP contribution is -3.08. The first-order valence-corrected chi connectivity index (χ1v) is 8.91. The molecule has 1 unspecified atom stereocenters. The van der Waals surface area contributed by atoms with Gasteiger partial charge in [-0.05, 0) is 31.2 Å². The molecule has 0 aliphatic rings. The molecule has 0 aliphatic heterocycles. The number of hydrogen-bond acceptors (Lipinski definition) is 3. The number of pyridine rings is 1. The molecule has 6 nitrogen and oxygen atoms in total. The van der Waals surface area contributed by atoms with E-state index < -0.39 is 17.6 Å². The van der Waals surface area contributed by atoms with E-state index in [1.54, 1.807) is 32.2 Å². The summed E-state index contributed by atoms with van der Waals surface area (Å²) in [5, 5.41) is 2.32. The summed E-state index contributed by atoms with van der Waals surface area (Å²) in [5.41, 5.74) is 0.362. The number of carbonyl (C=O) groups is 1. The molecule has 0 radical (unpaired) electrons. The Hall–Kier alpha value is -3.20. The van der Waals surface area contributed by atoms with E-state index in [4.69, 9.17) is 0 Å². The van der Waals surface area contributed by atoms with E-state index in [0.29, 0.717) is 16.2 Å². The van der Waals surface area contributed by atoms with Crippen molar-refractivity contribution in [3.63, 3.8) is 0 Å². The number of amides is 1. The van der Waals surface area contributed by atoms with Crippen LogP contribution in [0.3, 0.4) is 0 Å². The summed E-state index contributed by atoms with van der Waals surface area (Å²) in [7, 11) is 1.70. The fourth-order valence-corrected chi connectivity index (χ4v) is 3.13. The van der Waals surface area contributed by atoms with Crippen LogP contribution in [0.1, 0.15) is 17.0 Å². The summed E-state index contributed by atoms with van der Waals surface area (Å²) in [6, 6.07) is 11.5. The molecule has 2 aromatic heterocycles. The number of carbonyl (C=O) groups excluding carboxylic acids is 1. The number of aryl methyl sites for hydroxylation is 1. The molecule has 0 saturated heterocycles. The molecule has 0 bridgehead atoms. The van der Waals surface area contributed by atoms with E-state index in [1.165, 1.54) is 28.7 Å². The highest BCUT2D eigenvalue weighted by molar-refractivity contribution is 5.92. The van der Waals surface area contributed by atoms with Crippen LogP contribution in [0.2, 0.25) is 0 Å². The van der Waals surface area contributed by atoms with Gasteiger partial charge < -0.3 is 10.2 Å². The van der Waals surface area contributed by atoms with Gasteiger partial charge in [0.1, 0.15) is 17.9 Å². The van der Waals surface area contributed by atoms with Gasteiger partial charge in [-0.1, -0.05) is 18.2 Å². The number of benzene rings is 1. The van der Waals surface area contributed by atoms with E-state index in [0.717, 1.165) is 11.8 Å². The van der Waals surface area contributed by atoms with Crippen molar-refractivity contribution in [2.75, 3.05) is 18.9 Å². The second-order valence-electron chi connectivity index (χ2n) is 6.85. The number of hydrogen-bond donors (Lipinski definition) is 2. The summed E-state index contributed by atoms with van der Waals surface area (Å²) < 4.78 is 40.6. The number of nitrogens with zero attached hydrogens (tertiary/aromatic N) is 2. The first-order chi connectivity index (χ1) is 13.6. The molecule has 1 amide bonds. The lowest BCUT2D eigenvalue weighted by atomic mass is 10.1. The average molecular weight is 405 g/mol. The highest BCUT2D eigenvalue weighted by Gasteiger charge is 2.33. The molecule has 0 fully saturated rings. The quantitative estimate of drug-likeness (QED) is 0.679. The molecule has 152 valence electrons. The van der Waals surface area contributed by atoms with Gasteiger partial charge in [-0.3, -0.25) is 14.0 Å². The van der Waals surface area contributed by atoms with Crippen LogP contribution in [0.25, 0.3) is 5.65 Å². The molecule has 2 heterocycles. The summed E-state index contributed by atoms with van der Waals surface area (Å²) in [5.74, 6) is -0.562. The topological polar surface area (TPSA) is 67.9 Å². The molecule has 0 saturated carbocycles. The number of anilines is 1. The molecule has 0 aliphatic carbocycles. The van der Waals surface area contributed by atoms with Gasteiger partial charge in [-0.15, -0.1) is 0 Å². The van der Waals surface area contributed by atoms with Crippen molar-refractivity contribution in [1.82, 2.24) is 9.38 Å². The minimum atomic E-state index is -4.56. The summed E-state index contributed by atoms with van der Waals surface area (Å²) >= 11 is 0. The predicted molar refractivity (Wildman–Crippen MR) is 102 cm³/mol. The maximum absolute atomic E-state index is 13.0. The van der Waals surface area contributed by atoms with Gasteiger partial charge in [0.25, 0.3) is 11.5 Å². The lowest BCUT2D eigenvalue weighted by molar-refractivity contribution is -0.885. The third kappa shape index (κ3) is 4.80. The Bertz CT molecular complexity index is 1110. The molecule has 29 heavy (non-hydrogen) atoms. The normalized spacial score (nSPS) is 12.7. The Balaban J connectivity index is 1.70. The molecule has 2 N–H and O–H groups in total. The molecule has 0 spiro atoms. The number of rotatable bonds is 5. The number of aromatic nitrogens is 2. The molecule has 9 heteroatoms. The zero-order valence-corrected chi connectivity index (χ0v) is 15.9. The van der Waals surface area contributed by atoms with Crippen LogP contribution in [0, 0.1) is 6.92 Å². The Kier molecular flexibility index (Phi) is 5.69. The van der Waals surface area contributed by atoms with E-state index in [2.05, 4.69) is 10.3 Å². The Morgan fingerprint density at radius 3 is 2.62 bits per heavy atom. The molecule has 1 aromatic carbocycles. The van der Waals surface area contributed by atoms with Crippen molar-refractivity contribution < 1.29 is 22.9 Å². The Morgan fingerprint density at radius 1 is 1.17 bits per heavy atom. The minimum absolute atomic E-state index is 0.0823. The molecule has 1 atom stereocenters. The summed E-state index contributed by atoms with van der Waals surface area (Å²) in [6.07, 6.45) is -4.56. The molecule has 3 rings (SSSR count). The first kappa shape index (κ1) is 20.5. The second kappa shape index (κ2) is 8.04. The van der Waals surface area contributed by atoms with Gasteiger partial charge in [0.2, 0.25) is 0 Å². The van der Waals surface area contributed by atoms with E-state index in [1.807, 2.05) is 0 Å². The van der Waals surface area contributed by atoms with Crippen molar-refractivity contribution in [2.45, 2.75) is 19.6 Å². The van der Waals surface area contributed by atoms with Crippen LogP contribution < -0.4 is 15.8 Å². The third-order valence-corrected chi connectivity index (χ3v) is 4.38. The van der Waals surface area contributed by atoms with Crippen LogP contribution in [0.5, 0.6) is 0 Å². The molecular formula is C20H20F3N4O2+. The number of likely N-dealkylation sites (N-methyl/N-ethyl adjacent to an activating group) is 1. The number of halogens is 3. The average Bonchev–Trinajstić information content (AvgIpc) is 2.60. The third-order valence-electron chi connectivity index (χ3n) is 4.38. The number of alkyl halides is 3. The molecule has 3 aromatic rings. The molecular weight excluding hydrogens is 385 g/mol. The largest absolute Gasteiger partial charge is 0.418 e. The summed E-state index contributed by atoms with van der Waals surface area (Å²) in [4.78, 5) is 29.7. The second-order valence-corrected chi connectivity index (χ2v) is 6.85. The SMILES string of the molecule is Cc1cccc2nc(C[NH+](C)CC(=O)Nc3ccccc3C(F)(F)F)cc(=O)n12. The zero-order valence-electron chi connectivity index (χ0n) is 15.9. The van der Waals surface area contributed by atoms with E-state index in [-0.39, 0.29) is 24.3 Å². The predicted octanol–water partition coefficient (Wildman–Crippen LogP) is 1.68.